The predicted molar refractivity (Wildman–Crippen MR) is 127 cm³/mol. The van der Waals surface area contributed by atoms with E-state index in [9.17, 15) is 13.2 Å². The second-order valence-corrected chi connectivity index (χ2v) is 9.85. The fourth-order valence-electron chi connectivity index (χ4n) is 3.53. The Hall–Kier alpha value is -3.32. The number of nitrogens with zero attached hydrogens (tertiary/aromatic N) is 3. The number of carbonyl (C=O) groups is 1. The first-order chi connectivity index (χ1) is 16.0. The van der Waals surface area contributed by atoms with Crippen LogP contribution in [0.15, 0.2) is 54.0 Å². The van der Waals surface area contributed by atoms with Gasteiger partial charge in [0.15, 0.2) is 5.82 Å². The smallest absolute Gasteiger partial charge is 0.301 e. The molecule has 170 valence electrons. The Labute approximate surface area is 193 Å². The minimum absolute atomic E-state index is 0.282. The lowest BCUT2D eigenvalue weighted by Crippen LogP contribution is -2.43. The van der Waals surface area contributed by atoms with Gasteiger partial charge in [0.05, 0.1) is 45.9 Å². The number of nitrogens with one attached hydrogen (secondary N) is 3. The molecule has 1 aliphatic heterocycles. The van der Waals surface area contributed by atoms with E-state index in [1.54, 1.807) is 41.9 Å². The number of amides is 1. The van der Waals surface area contributed by atoms with Crippen molar-refractivity contribution >= 4 is 49.2 Å². The molecule has 33 heavy (non-hydrogen) atoms. The number of carbonyl (C=O) groups excluding carboxylic acids is 1. The molecule has 0 saturated carbocycles. The van der Waals surface area contributed by atoms with E-state index in [2.05, 4.69) is 25.2 Å². The van der Waals surface area contributed by atoms with Gasteiger partial charge in [-0.25, -0.2) is 4.98 Å². The van der Waals surface area contributed by atoms with E-state index in [4.69, 9.17) is 4.74 Å². The van der Waals surface area contributed by atoms with E-state index in [-0.39, 0.29) is 5.91 Å². The number of ether oxygens (including phenoxy) is 1. The highest BCUT2D eigenvalue weighted by Crippen LogP contribution is 2.26. The maximum absolute atomic E-state index is 12.8. The third-order valence-corrected chi connectivity index (χ3v) is 7.57. The first-order valence-electron chi connectivity index (χ1n) is 10.1. The van der Waals surface area contributed by atoms with Crippen molar-refractivity contribution in [3.05, 3.63) is 59.6 Å². The molecule has 1 aliphatic rings. The number of morpholine rings is 1. The van der Waals surface area contributed by atoms with Crippen LogP contribution < -0.4 is 10.0 Å². The Balaban J connectivity index is 1.32. The van der Waals surface area contributed by atoms with Gasteiger partial charge in [-0.2, -0.15) is 17.8 Å². The van der Waals surface area contributed by atoms with E-state index < -0.39 is 10.2 Å². The minimum atomic E-state index is -3.67. The maximum Gasteiger partial charge on any atom is 0.301 e. The molecule has 1 fully saturated rings. The quantitative estimate of drug-likeness (QED) is 0.386. The molecule has 0 unspecified atom stereocenters. The molecular formula is C21H20N6O4S2. The van der Waals surface area contributed by atoms with Gasteiger partial charge in [-0.05, 0) is 24.3 Å². The van der Waals surface area contributed by atoms with E-state index in [0.29, 0.717) is 49.1 Å². The van der Waals surface area contributed by atoms with Gasteiger partial charge in [0.2, 0.25) is 0 Å². The van der Waals surface area contributed by atoms with Crippen LogP contribution in [0.3, 0.4) is 0 Å². The Morgan fingerprint density at radius 3 is 2.79 bits per heavy atom. The molecule has 2 aromatic carbocycles. The SMILES string of the molecule is O=C(Nc1cc(-c2cccc(NS(=O)(=O)N3CCOCC3)c2)[nH]n1)c1cccc2ncsc12. The van der Waals surface area contributed by atoms with Crippen LogP contribution in [0.2, 0.25) is 0 Å². The average Bonchev–Trinajstić information content (AvgIpc) is 3.49. The highest BCUT2D eigenvalue weighted by molar-refractivity contribution is 7.90. The molecule has 3 heterocycles. The van der Waals surface area contributed by atoms with Crippen molar-refractivity contribution in [1.82, 2.24) is 19.5 Å². The zero-order chi connectivity index (χ0) is 22.8. The highest BCUT2D eigenvalue weighted by atomic mass is 32.2. The summed E-state index contributed by atoms with van der Waals surface area (Å²) in [7, 11) is -3.67. The zero-order valence-electron chi connectivity index (χ0n) is 17.3. The molecule has 0 aliphatic carbocycles. The van der Waals surface area contributed by atoms with E-state index in [0.717, 1.165) is 15.8 Å². The van der Waals surface area contributed by atoms with Gasteiger partial charge in [-0.1, -0.05) is 18.2 Å². The number of rotatable bonds is 6. The molecule has 4 aromatic rings. The first-order valence-corrected chi connectivity index (χ1v) is 12.5. The number of hydrogen-bond acceptors (Lipinski definition) is 7. The van der Waals surface area contributed by atoms with Crippen LogP contribution in [0.4, 0.5) is 11.5 Å². The minimum Gasteiger partial charge on any atom is -0.379 e. The molecule has 1 saturated heterocycles. The van der Waals surface area contributed by atoms with Gasteiger partial charge in [0.25, 0.3) is 5.91 Å². The molecule has 0 atom stereocenters. The first kappa shape index (κ1) is 21.5. The summed E-state index contributed by atoms with van der Waals surface area (Å²) in [6.07, 6.45) is 0. The van der Waals surface area contributed by atoms with Gasteiger partial charge in [0, 0.05) is 24.7 Å². The van der Waals surface area contributed by atoms with Crippen LogP contribution in [0.25, 0.3) is 21.5 Å². The lowest BCUT2D eigenvalue weighted by atomic mass is 10.1. The summed E-state index contributed by atoms with van der Waals surface area (Å²) in [5.41, 5.74) is 4.78. The standard InChI is InChI=1S/C21H20N6O4S2/c28-21(16-5-2-6-17-20(16)32-13-22-17)23-19-12-18(24-25-19)14-3-1-4-15(11-14)26-33(29,30)27-7-9-31-10-8-27/h1-6,11-13,26H,7-10H2,(H2,23,24,25,28). The molecule has 0 spiro atoms. The van der Waals surface area contributed by atoms with Crippen LogP contribution in [0.5, 0.6) is 0 Å². The second kappa shape index (κ2) is 8.90. The van der Waals surface area contributed by atoms with Gasteiger partial charge >= 0.3 is 10.2 Å². The molecular weight excluding hydrogens is 464 g/mol. The van der Waals surface area contributed by atoms with Crippen LogP contribution in [-0.4, -0.2) is 60.1 Å². The molecule has 10 nitrogen and oxygen atoms in total. The number of anilines is 2. The Morgan fingerprint density at radius 2 is 1.94 bits per heavy atom. The van der Waals surface area contributed by atoms with Crippen molar-refractivity contribution < 1.29 is 17.9 Å². The summed E-state index contributed by atoms with van der Waals surface area (Å²) in [6, 6.07) is 14.0. The Bertz CT molecular complexity index is 1410. The molecule has 1 amide bonds. The van der Waals surface area contributed by atoms with Gasteiger partial charge in [0.1, 0.15) is 0 Å². The third kappa shape index (κ3) is 4.59. The number of aromatic amines is 1. The number of fused-ring (bicyclic) bond motifs is 1. The number of benzene rings is 2. The lowest BCUT2D eigenvalue weighted by molar-refractivity contribution is 0.0733. The fraction of sp³-hybridized carbons (Fsp3) is 0.190. The summed E-state index contributed by atoms with van der Waals surface area (Å²) in [5.74, 6) is 0.0748. The number of aromatic nitrogens is 3. The Morgan fingerprint density at radius 1 is 1.12 bits per heavy atom. The fourth-order valence-corrected chi connectivity index (χ4v) is 5.52. The number of hydrogen-bond donors (Lipinski definition) is 3. The summed E-state index contributed by atoms with van der Waals surface area (Å²) in [6.45, 7) is 1.38. The van der Waals surface area contributed by atoms with Crippen LogP contribution in [0, 0.1) is 0 Å². The normalized spacial score (nSPS) is 14.9. The van der Waals surface area contributed by atoms with Gasteiger partial charge in [-0.15, -0.1) is 11.3 Å². The summed E-state index contributed by atoms with van der Waals surface area (Å²) in [5, 5.41) is 9.85. The van der Waals surface area contributed by atoms with Gasteiger partial charge in [-0.3, -0.25) is 14.6 Å². The van der Waals surface area contributed by atoms with Crippen molar-refractivity contribution in [2.75, 3.05) is 36.3 Å². The van der Waals surface area contributed by atoms with Crippen LogP contribution in [-0.2, 0) is 14.9 Å². The molecule has 0 radical (unpaired) electrons. The maximum atomic E-state index is 12.8. The lowest BCUT2D eigenvalue weighted by Gasteiger charge is -2.26. The zero-order valence-corrected chi connectivity index (χ0v) is 18.9. The van der Waals surface area contributed by atoms with Crippen molar-refractivity contribution in [2.45, 2.75) is 0 Å². The van der Waals surface area contributed by atoms with Crippen molar-refractivity contribution in [1.29, 1.82) is 0 Å². The van der Waals surface area contributed by atoms with E-state index in [1.807, 2.05) is 12.1 Å². The topological polar surface area (TPSA) is 129 Å². The summed E-state index contributed by atoms with van der Waals surface area (Å²) < 4.78 is 35.2. The Kier molecular flexibility index (Phi) is 5.81. The molecule has 12 heteroatoms. The van der Waals surface area contributed by atoms with Crippen molar-refractivity contribution in [2.24, 2.45) is 0 Å². The third-order valence-electron chi connectivity index (χ3n) is 5.15. The molecule has 0 bridgehead atoms. The molecule has 2 aromatic heterocycles. The largest absolute Gasteiger partial charge is 0.379 e. The van der Waals surface area contributed by atoms with Crippen molar-refractivity contribution in [3.8, 4) is 11.3 Å². The van der Waals surface area contributed by atoms with Crippen LogP contribution >= 0.6 is 11.3 Å². The van der Waals surface area contributed by atoms with Crippen molar-refractivity contribution in [3.63, 3.8) is 0 Å². The number of thiazole rings is 1. The average molecular weight is 485 g/mol. The highest BCUT2D eigenvalue weighted by Gasteiger charge is 2.24. The predicted octanol–water partition coefficient (Wildman–Crippen LogP) is 2.93. The summed E-state index contributed by atoms with van der Waals surface area (Å²) in [4.78, 5) is 17.0. The summed E-state index contributed by atoms with van der Waals surface area (Å²) >= 11 is 1.40. The van der Waals surface area contributed by atoms with Crippen LogP contribution in [0.1, 0.15) is 10.4 Å². The van der Waals surface area contributed by atoms with Gasteiger partial charge < -0.3 is 10.1 Å². The van der Waals surface area contributed by atoms with E-state index in [1.165, 1.54) is 15.6 Å². The molecule has 5 rings (SSSR count). The monoisotopic (exact) mass is 484 g/mol. The van der Waals surface area contributed by atoms with E-state index >= 15 is 0 Å². The second-order valence-electron chi connectivity index (χ2n) is 7.33. The molecule has 3 N–H and O–H groups in total. The number of H-pyrrole nitrogens is 1.